The van der Waals surface area contributed by atoms with E-state index in [-0.39, 0.29) is 0 Å². The summed E-state index contributed by atoms with van der Waals surface area (Å²) in [5.74, 6) is 0.970. The van der Waals surface area contributed by atoms with E-state index in [0.717, 1.165) is 29.1 Å². The summed E-state index contributed by atoms with van der Waals surface area (Å²) < 4.78 is 2.10. The Morgan fingerprint density at radius 2 is 2.36 bits per heavy atom. The molecule has 14 heavy (non-hydrogen) atoms. The van der Waals surface area contributed by atoms with Crippen molar-refractivity contribution >= 4 is 16.7 Å². The fraction of sp³-hybridized carbons (Fsp3) is 0.182. The van der Waals surface area contributed by atoms with Crippen LogP contribution < -0.4 is 5.73 Å². The zero-order chi connectivity index (χ0) is 10.1. The SMILES string of the molecule is C=CCn1c(C)nc2c(N)cccc21. The minimum absolute atomic E-state index is 0.730. The molecule has 0 aliphatic carbocycles. The quantitative estimate of drug-likeness (QED) is 0.578. The van der Waals surface area contributed by atoms with Gasteiger partial charge in [0.2, 0.25) is 0 Å². The summed E-state index contributed by atoms with van der Waals surface area (Å²) >= 11 is 0. The number of benzene rings is 1. The highest BCUT2D eigenvalue weighted by atomic mass is 15.1. The van der Waals surface area contributed by atoms with Crippen LogP contribution in [0.25, 0.3) is 11.0 Å². The van der Waals surface area contributed by atoms with Gasteiger partial charge in [-0.05, 0) is 19.1 Å². The first-order valence-electron chi connectivity index (χ1n) is 4.56. The zero-order valence-electron chi connectivity index (χ0n) is 8.20. The van der Waals surface area contributed by atoms with Crippen molar-refractivity contribution in [2.45, 2.75) is 13.5 Å². The van der Waals surface area contributed by atoms with Gasteiger partial charge in [0.15, 0.2) is 0 Å². The van der Waals surface area contributed by atoms with Crippen LogP contribution in [0.3, 0.4) is 0 Å². The van der Waals surface area contributed by atoms with Crippen LogP contribution in [0.2, 0.25) is 0 Å². The van der Waals surface area contributed by atoms with Crippen molar-refractivity contribution in [3.63, 3.8) is 0 Å². The van der Waals surface area contributed by atoms with Gasteiger partial charge in [0.05, 0.1) is 11.2 Å². The summed E-state index contributed by atoms with van der Waals surface area (Å²) in [6, 6.07) is 5.83. The van der Waals surface area contributed by atoms with Gasteiger partial charge < -0.3 is 10.3 Å². The average molecular weight is 187 g/mol. The Hall–Kier alpha value is -1.77. The molecule has 0 bridgehead atoms. The second kappa shape index (κ2) is 3.18. The average Bonchev–Trinajstić information content (AvgIpc) is 2.47. The summed E-state index contributed by atoms with van der Waals surface area (Å²) in [5.41, 5.74) is 8.52. The van der Waals surface area contributed by atoms with Gasteiger partial charge in [-0.15, -0.1) is 6.58 Å². The Morgan fingerprint density at radius 3 is 3.07 bits per heavy atom. The first kappa shape index (κ1) is 8.81. The third-order valence-electron chi connectivity index (χ3n) is 2.31. The van der Waals surface area contributed by atoms with E-state index >= 15 is 0 Å². The van der Waals surface area contributed by atoms with Crippen LogP contribution in [-0.4, -0.2) is 9.55 Å². The number of aromatic nitrogens is 2. The molecule has 0 aliphatic rings. The number of para-hydroxylation sites is 1. The molecule has 0 radical (unpaired) electrons. The van der Waals surface area contributed by atoms with Crippen molar-refractivity contribution in [1.82, 2.24) is 9.55 Å². The second-order valence-corrected chi connectivity index (χ2v) is 3.27. The van der Waals surface area contributed by atoms with Gasteiger partial charge in [-0.1, -0.05) is 12.1 Å². The van der Waals surface area contributed by atoms with E-state index in [1.807, 2.05) is 31.2 Å². The highest BCUT2D eigenvalue weighted by Gasteiger charge is 2.07. The predicted octanol–water partition coefficient (Wildman–Crippen LogP) is 2.11. The number of hydrogen-bond acceptors (Lipinski definition) is 2. The first-order valence-corrected chi connectivity index (χ1v) is 4.56. The van der Waals surface area contributed by atoms with Crippen LogP contribution in [0, 0.1) is 6.92 Å². The van der Waals surface area contributed by atoms with Crippen LogP contribution in [0.4, 0.5) is 5.69 Å². The van der Waals surface area contributed by atoms with E-state index in [1.165, 1.54) is 0 Å². The number of anilines is 1. The molecular formula is C11H13N3. The molecule has 0 atom stereocenters. The molecule has 1 aromatic carbocycles. The van der Waals surface area contributed by atoms with Crippen LogP contribution >= 0.6 is 0 Å². The molecule has 0 amide bonds. The van der Waals surface area contributed by atoms with Crippen molar-refractivity contribution in [1.29, 1.82) is 0 Å². The standard InChI is InChI=1S/C11H13N3/c1-3-7-14-8(2)13-11-9(12)5-4-6-10(11)14/h3-6H,1,7,12H2,2H3. The largest absolute Gasteiger partial charge is 0.397 e. The summed E-state index contributed by atoms with van der Waals surface area (Å²) in [6.45, 7) is 6.47. The maximum Gasteiger partial charge on any atom is 0.112 e. The summed E-state index contributed by atoms with van der Waals surface area (Å²) in [4.78, 5) is 4.42. The first-order chi connectivity index (χ1) is 6.74. The Balaban J connectivity index is 2.76. The van der Waals surface area contributed by atoms with Crippen LogP contribution in [0.1, 0.15) is 5.82 Å². The molecule has 0 saturated heterocycles. The third-order valence-corrected chi connectivity index (χ3v) is 2.31. The van der Waals surface area contributed by atoms with Gasteiger partial charge in [-0.3, -0.25) is 0 Å². The molecule has 72 valence electrons. The zero-order valence-corrected chi connectivity index (χ0v) is 8.20. The molecule has 0 unspecified atom stereocenters. The molecule has 3 nitrogen and oxygen atoms in total. The Bertz CT molecular complexity index is 482. The predicted molar refractivity (Wildman–Crippen MR) is 59.1 cm³/mol. The lowest BCUT2D eigenvalue weighted by Gasteiger charge is -2.01. The van der Waals surface area contributed by atoms with Gasteiger partial charge in [-0.25, -0.2) is 4.98 Å². The number of imidazole rings is 1. The maximum absolute atomic E-state index is 5.83. The van der Waals surface area contributed by atoms with Gasteiger partial charge in [0.25, 0.3) is 0 Å². The number of allylic oxidation sites excluding steroid dienone is 1. The fourth-order valence-electron chi connectivity index (χ4n) is 1.64. The highest BCUT2D eigenvalue weighted by molar-refractivity contribution is 5.87. The molecule has 1 aromatic heterocycles. The van der Waals surface area contributed by atoms with Crippen LogP contribution in [-0.2, 0) is 6.54 Å². The Labute approximate surface area is 82.9 Å². The molecule has 0 aliphatic heterocycles. The molecule has 0 saturated carbocycles. The van der Waals surface area contributed by atoms with E-state index in [0.29, 0.717) is 0 Å². The number of fused-ring (bicyclic) bond motifs is 1. The molecule has 3 heteroatoms. The Kier molecular flexibility index (Phi) is 2.00. The number of nitrogens with two attached hydrogens (primary N) is 1. The molecule has 2 aromatic rings. The number of nitrogens with zero attached hydrogens (tertiary/aromatic N) is 2. The number of hydrogen-bond donors (Lipinski definition) is 1. The Morgan fingerprint density at radius 1 is 1.57 bits per heavy atom. The van der Waals surface area contributed by atoms with Crippen molar-refractivity contribution in [2.75, 3.05) is 5.73 Å². The molecule has 0 spiro atoms. The van der Waals surface area contributed by atoms with Crippen molar-refractivity contribution in [3.8, 4) is 0 Å². The van der Waals surface area contributed by atoms with E-state index in [1.54, 1.807) is 0 Å². The van der Waals surface area contributed by atoms with E-state index < -0.39 is 0 Å². The minimum Gasteiger partial charge on any atom is -0.397 e. The van der Waals surface area contributed by atoms with Gasteiger partial charge in [0.1, 0.15) is 11.3 Å². The second-order valence-electron chi connectivity index (χ2n) is 3.27. The summed E-state index contributed by atoms with van der Waals surface area (Å²) in [6.07, 6.45) is 1.86. The van der Waals surface area contributed by atoms with Crippen LogP contribution in [0.15, 0.2) is 30.9 Å². The normalized spacial score (nSPS) is 10.6. The monoisotopic (exact) mass is 187 g/mol. The number of rotatable bonds is 2. The van der Waals surface area contributed by atoms with E-state index in [9.17, 15) is 0 Å². The smallest absolute Gasteiger partial charge is 0.112 e. The van der Waals surface area contributed by atoms with E-state index in [2.05, 4.69) is 16.1 Å². The molecular weight excluding hydrogens is 174 g/mol. The number of nitrogen functional groups attached to an aromatic ring is 1. The molecule has 1 heterocycles. The minimum atomic E-state index is 0.730. The molecule has 2 N–H and O–H groups in total. The summed E-state index contributed by atoms with van der Waals surface area (Å²) in [5, 5.41) is 0. The van der Waals surface area contributed by atoms with Gasteiger partial charge in [-0.2, -0.15) is 0 Å². The van der Waals surface area contributed by atoms with Crippen molar-refractivity contribution < 1.29 is 0 Å². The van der Waals surface area contributed by atoms with Gasteiger partial charge in [0, 0.05) is 6.54 Å². The summed E-state index contributed by atoms with van der Waals surface area (Å²) in [7, 11) is 0. The number of aryl methyl sites for hydroxylation is 1. The van der Waals surface area contributed by atoms with E-state index in [4.69, 9.17) is 5.73 Å². The topological polar surface area (TPSA) is 43.8 Å². The lowest BCUT2D eigenvalue weighted by molar-refractivity contribution is 0.808. The maximum atomic E-state index is 5.83. The van der Waals surface area contributed by atoms with Gasteiger partial charge >= 0.3 is 0 Å². The highest BCUT2D eigenvalue weighted by Crippen LogP contribution is 2.21. The van der Waals surface area contributed by atoms with Crippen molar-refractivity contribution in [3.05, 3.63) is 36.7 Å². The van der Waals surface area contributed by atoms with Crippen molar-refractivity contribution in [2.24, 2.45) is 0 Å². The lowest BCUT2D eigenvalue weighted by atomic mass is 10.3. The third kappa shape index (κ3) is 1.18. The fourth-order valence-corrected chi connectivity index (χ4v) is 1.64. The van der Waals surface area contributed by atoms with Crippen LogP contribution in [0.5, 0.6) is 0 Å². The lowest BCUT2D eigenvalue weighted by Crippen LogP contribution is -1.97. The molecule has 2 rings (SSSR count). The molecule has 0 fully saturated rings.